The van der Waals surface area contributed by atoms with Gasteiger partial charge in [-0.25, -0.2) is 4.79 Å². The summed E-state index contributed by atoms with van der Waals surface area (Å²) in [6, 6.07) is 9.94. The van der Waals surface area contributed by atoms with Crippen LogP contribution in [-0.4, -0.2) is 131 Å². The summed E-state index contributed by atoms with van der Waals surface area (Å²) in [5.74, 6) is 0.337. The minimum Gasteiger partial charge on any atom is -0.497 e. The summed E-state index contributed by atoms with van der Waals surface area (Å²) in [4.78, 5) is 58.9. The number of carbonyl (C=O) groups is 4. The number of urea groups is 1. The highest BCUT2D eigenvalue weighted by atomic mass is 35.5. The first kappa shape index (κ1) is 36.5. The zero-order valence-electron chi connectivity index (χ0n) is 28.1. The zero-order valence-corrected chi connectivity index (χ0v) is 28.8. The first-order valence-electron chi connectivity index (χ1n) is 15.7. The Balaban J connectivity index is 1.47. The Labute approximate surface area is 286 Å². The Kier molecular flexibility index (Phi) is 13.1. The molecule has 0 saturated carbocycles. The molecule has 0 radical (unpaired) electrons. The van der Waals surface area contributed by atoms with Crippen molar-refractivity contribution in [3.63, 3.8) is 0 Å². The summed E-state index contributed by atoms with van der Waals surface area (Å²) >= 11 is 6.64. The molecule has 2 heterocycles. The topological polar surface area (TPSA) is 130 Å². The predicted octanol–water partition coefficient (Wildman–Crippen LogP) is 3.36. The highest BCUT2D eigenvalue weighted by Gasteiger charge is 2.32. The Morgan fingerprint density at radius 1 is 1.04 bits per heavy atom. The number of anilines is 1. The predicted molar refractivity (Wildman–Crippen MR) is 181 cm³/mol. The first-order valence-corrected chi connectivity index (χ1v) is 16.1. The number of fused-ring (bicyclic) bond motifs is 1. The number of hydrogen-bond donors (Lipinski definition) is 1. The monoisotopic (exact) mass is 685 g/mol. The second-order valence-corrected chi connectivity index (χ2v) is 12.0. The number of rotatable bonds is 14. The Bertz CT molecular complexity index is 1490. The van der Waals surface area contributed by atoms with Crippen LogP contribution >= 0.6 is 11.6 Å². The van der Waals surface area contributed by atoms with E-state index in [-0.39, 0.29) is 48.3 Å². The molecule has 4 rings (SSSR count). The Morgan fingerprint density at radius 2 is 1.75 bits per heavy atom. The van der Waals surface area contributed by atoms with Crippen LogP contribution < -0.4 is 14.8 Å². The molecule has 0 atom stereocenters. The van der Waals surface area contributed by atoms with Crippen molar-refractivity contribution in [1.82, 2.24) is 19.6 Å². The highest BCUT2D eigenvalue weighted by molar-refractivity contribution is 6.36. The average molecular weight is 686 g/mol. The minimum atomic E-state index is -0.458. The van der Waals surface area contributed by atoms with Crippen LogP contribution in [0.5, 0.6) is 11.5 Å². The molecule has 2 aliphatic rings. The number of piperidine rings is 1. The molecule has 1 N–H and O–H groups in total. The standard InChI is InChI=1S/C34H44ClN5O8/c1-37(25(20-45-2)21-46-3)33(43)28(27-7-6-8-30(48-5)32(27)35)18-38(22-41)19-31(42)39-14-12-24(13-15-39)40-16-11-23-17-26(47-4)9-10-29(23)36-34(40)44/h6-10,17-18,22,24-25H,11-16,19-21H2,1-5H3,(H,36,44)/b28-18-. The summed E-state index contributed by atoms with van der Waals surface area (Å²) in [5, 5.41) is 3.19. The number of likely N-dealkylation sites (N-methyl/N-ethyl adjacent to an activating group) is 1. The van der Waals surface area contributed by atoms with Gasteiger partial charge in [0.25, 0.3) is 5.91 Å². The SMILES string of the molecule is COCC(COC)N(C)C(=O)/C(=C\N(C=O)CC(=O)N1CCC(N2CCc3cc(OC)ccc3NC2=O)CC1)c1cccc(OC)c1Cl. The summed E-state index contributed by atoms with van der Waals surface area (Å²) in [6.07, 6.45) is 3.69. The number of ether oxygens (including phenoxy) is 4. The Hall–Kier alpha value is -4.33. The van der Waals surface area contributed by atoms with Crippen LogP contribution in [0, 0.1) is 0 Å². The van der Waals surface area contributed by atoms with E-state index in [0.717, 1.165) is 21.9 Å². The summed E-state index contributed by atoms with van der Waals surface area (Å²) in [7, 11) is 7.73. The average Bonchev–Trinajstić information content (AvgIpc) is 3.27. The highest BCUT2D eigenvalue weighted by Crippen LogP contribution is 2.34. The summed E-state index contributed by atoms with van der Waals surface area (Å²) < 4.78 is 21.3. The maximum atomic E-state index is 13.9. The Morgan fingerprint density at radius 3 is 2.38 bits per heavy atom. The van der Waals surface area contributed by atoms with E-state index < -0.39 is 11.9 Å². The molecule has 0 aromatic heterocycles. The molecule has 48 heavy (non-hydrogen) atoms. The molecule has 1 saturated heterocycles. The number of likely N-dealkylation sites (tertiary alicyclic amines) is 1. The van der Waals surface area contributed by atoms with Gasteiger partial charge in [-0.15, -0.1) is 0 Å². The first-order chi connectivity index (χ1) is 23.1. The van der Waals surface area contributed by atoms with Crippen LogP contribution in [0.4, 0.5) is 10.5 Å². The van der Waals surface area contributed by atoms with Crippen LogP contribution in [0.2, 0.25) is 5.02 Å². The van der Waals surface area contributed by atoms with E-state index in [9.17, 15) is 19.2 Å². The number of carbonyl (C=O) groups excluding carboxylic acids is 4. The van der Waals surface area contributed by atoms with Crippen molar-refractivity contribution >= 4 is 47.1 Å². The molecule has 13 nitrogen and oxygen atoms in total. The second-order valence-electron chi connectivity index (χ2n) is 11.6. The number of halogens is 1. The smallest absolute Gasteiger partial charge is 0.322 e. The third-order valence-electron chi connectivity index (χ3n) is 8.73. The van der Waals surface area contributed by atoms with E-state index in [1.54, 1.807) is 37.3 Å². The van der Waals surface area contributed by atoms with Crippen molar-refractivity contribution in [3.8, 4) is 11.5 Å². The van der Waals surface area contributed by atoms with Crippen LogP contribution in [0.25, 0.3) is 5.57 Å². The van der Waals surface area contributed by atoms with E-state index in [1.165, 1.54) is 32.4 Å². The molecule has 0 unspecified atom stereocenters. The summed E-state index contributed by atoms with van der Waals surface area (Å²) in [5.41, 5.74) is 2.19. The van der Waals surface area contributed by atoms with Crippen molar-refractivity contribution in [3.05, 3.63) is 58.7 Å². The fraction of sp³-hybridized carbons (Fsp3) is 0.471. The van der Waals surface area contributed by atoms with Crippen LogP contribution in [0.1, 0.15) is 24.0 Å². The van der Waals surface area contributed by atoms with Crippen molar-refractivity contribution in [2.45, 2.75) is 31.3 Å². The lowest BCUT2D eigenvalue weighted by molar-refractivity contribution is -0.135. The van der Waals surface area contributed by atoms with Gasteiger partial charge in [0.05, 0.1) is 44.1 Å². The normalized spacial score (nSPS) is 15.4. The van der Waals surface area contributed by atoms with E-state index in [0.29, 0.717) is 56.6 Å². The van der Waals surface area contributed by atoms with Gasteiger partial charge in [0.1, 0.15) is 18.0 Å². The van der Waals surface area contributed by atoms with E-state index >= 15 is 0 Å². The van der Waals surface area contributed by atoms with Crippen molar-refractivity contribution < 1.29 is 38.1 Å². The maximum absolute atomic E-state index is 13.9. The molecule has 2 aliphatic heterocycles. The van der Waals surface area contributed by atoms with Gasteiger partial charge in [-0.2, -0.15) is 0 Å². The molecule has 260 valence electrons. The van der Waals surface area contributed by atoms with Crippen molar-refractivity contribution in [2.24, 2.45) is 0 Å². The second kappa shape index (κ2) is 17.2. The van der Waals surface area contributed by atoms with Crippen molar-refractivity contribution in [1.29, 1.82) is 0 Å². The number of nitrogens with one attached hydrogen (secondary N) is 1. The van der Waals surface area contributed by atoms with Gasteiger partial charge in [0.15, 0.2) is 0 Å². The maximum Gasteiger partial charge on any atom is 0.322 e. The van der Waals surface area contributed by atoms with Crippen molar-refractivity contribution in [2.75, 3.05) is 80.2 Å². The fourth-order valence-electron chi connectivity index (χ4n) is 5.99. The molecular weight excluding hydrogens is 642 g/mol. The molecule has 2 aromatic carbocycles. The quantitative estimate of drug-likeness (QED) is 0.237. The molecule has 0 spiro atoms. The van der Waals surface area contributed by atoms with Gasteiger partial charge in [-0.3, -0.25) is 14.4 Å². The van der Waals surface area contributed by atoms with Crippen LogP contribution in [-0.2, 0) is 30.3 Å². The fourth-order valence-corrected chi connectivity index (χ4v) is 6.30. The van der Waals surface area contributed by atoms with E-state index in [4.69, 9.17) is 30.5 Å². The lowest BCUT2D eigenvalue weighted by Crippen LogP contribution is -2.51. The van der Waals surface area contributed by atoms with Crippen LogP contribution in [0.15, 0.2) is 42.6 Å². The van der Waals surface area contributed by atoms with Gasteiger partial charge in [-0.05, 0) is 49.1 Å². The number of nitrogens with zero attached hydrogens (tertiary/aromatic N) is 4. The van der Waals surface area contributed by atoms with E-state index in [2.05, 4.69) is 5.32 Å². The molecule has 14 heteroatoms. The lowest BCUT2D eigenvalue weighted by atomic mass is 10.0. The van der Waals surface area contributed by atoms with Gasteiger partial charge in [-0.1, -0.05) is 23.7 Å². The van der Waals surface area contributed by atoms with Gasteiger partial charge in [0, 0.05) is 64.4 Å². The number of benzene rings is 2. The number of hydrogen-bond acceptors (Lipinski definition) is 8. The largest absolute Gasteiger partial charge is 0.497 e. The molecule has 0 bridgehead atoms. The minimum absolute atomic E-state index is 0.0468. The zero-order chi connectivity index (χ0) is 34.8. The molecule has 1 fully saturated rings. The third-order valence-corrected chi connectivity index (χ3v) is 9.12. The molecular formula is C34H44ClN5O8. The van der Waals surface area contributed by atoms with Gasteiger partial charge >= 0.3 is 6.03 Å². The van der Waals surface area contributed by atoms with Crippen LogP contribution in [0.3, 0.4) is 0 Å². The van der Waals surface area contributed by atoms with Gasteiger partial charge in [0.2, 0.25) is 12.3 Å². The van der Waals surface area contributed by atoms with Gasteiger partial charge < -0.3 is 43.9 Å². The molecule has 2 aromatic rings. The number of methoxy groups -OCH3 is 4. The summed E-state index contributed by atoms with van der Waals surface area (Å²) in [6.45, 7) is 1.50. The third kappa shape index (κ3) is 8.57. The molecule has 5 amide bonds. The number of amides is 5. The molecule has 0 aliphatic carbocycles. The van der Waals surface area contributed by atoms with E-state index in [1.807, 2.05) is 23.1 Å². The lowest BCUT2D eigenvalue weighted by Gasteiger charge is -2.38.